The van der Waals surface area contributed by atoms with Gasteiger partial charge in [-0.05, 0) is 19.1 Å². The van der Waals surface area contributed by atoms with Crippen LogP contribution in [0.15, 0.2) is 24.3 Å². The van der Waals surface area contributed by atoms with E-state index in [2.05, 4.69) is 10.4 Å². The van der Waals surface area contributed by atoms with Gasteiger partial charge < -0.3 is 5.32 Å². The number of benzene rings is 1. The maximum absolute atomic E-state index is 13.8. The molecule has 1 heterocycles. The Kier molecular flexibility index (Phi) is 4.22. The van der Waals surface area contributed by atoms with Crippen molar-refractivity contribution in [3.63, 3.8) is 0 Å². The van der Waals surface area contributed by atoms with Crippen LogP contribution in [0.3, 0.4) is 0 Å². The monoisotopic (exact) mass is 329 g/mol. The van der Waals surface area contributed by atoms with E-state index in [1.54, 1.807) is 0 Å². The van der Waals surface area contributed by atoms with Gasteiger partial charge in [-0.15, -0.1) is 0 Å². The van der Waals surface area contributed by atoms with Gasteiger partial charge in [-0.2, -0.15) is 22.7 Å². The second-order valence-corrected chi connectivity index (χ2v) is 4.69. The number of carbonyl (C=O) groups is 2. The summed E-state index contributed by atoms with van der Waals surface area (Å²) in [5.74, 6) is -3.16. The first-order chi connectivity index (χ1) is 10.6. The van der Waals surface area contributed by atoms with E-state index in [4.69, 9.17) is 0 Å². The van der Waals surface area contributed by atoms with E-state index in [9.17, 15) is 27.2 Å². The number of amides is 1. The first kappa shape index (κ1) is 16.7. The third-order valence-electron chi connectivity index (χ3n) is 3.03. The average Bonchev–Trinajstić information content (AvgIpc) is 2.75. The number of hydrogen-bond acceptors (Lipinski definition) is 3. The van der Waals surface area contributed by atoms with Crippen molar-refractivity contribution in [3.05, 3.63) is 47.0 Å². The van der Waals surface area contributed by atoms with E-state index < -0.39 is 35.1 Å². The van der Waals surface area contributed by atoms with Gasteiger partial charge in [-0.3, -0.25) is 9.59 Å². The number of anilines is 1. The van der Waals surface area contributed by atoms with Crippen LogP contribution in [-0.4, -0.2) is 21.5 Å². The van der Waals surface area contributed by atoms with Gasteiger partial charge in [-0.25, -0.2) is 4.68 Å². The molecule has 0 aliphatic carbocycles. The summed E-state index contributed by atoms with van der Waals surface area (Å²) in [5, 5.41) is 5.11. The number of aromatic nitrogens is 2. The standard InChI is InChI=1S/C14H11F4N3O2/c1-7(22)8-5-3-4-6-9(8)19-13(23)10-11(14(16,17)18)20-21(2)12(10)15/h3-6H,1-2H3,(H,19,23). The molecule has 2 rings (SSSR count). The minimum absolute atomic E-state index is 0.0126. The highest BCUT2D eigenvalue weighted by molar-refractivity contribution is 6.09. The molecule has 0 unspecified atom stereocenters. The van der Waals surface area contributed by atoms with Crippen LogP contribution in [0.5, 0.6) is 0 Å². The maximum atomic E-state index is 13.8. The zero-order valence-corrected chi connectivity index (χ0v) is 12.0. The quantitative estimate of drug-likeness (QED) is 0.695. The molecule has 0 fully saturated rings. The molecule has 1 amide bonds. The summed E-state index contributed by atoms with van der Waals surface area (Å²) in [5.41, 5.74) is -2.77. The Labute approximate surface area is 127 Å². The van der Waals surface area contributed by atoms with Crippen LogP contribution >= 0.6 is 0 Å². The van der Waals surface area contributed by atoms with Crippen molar-refractivity contribution >= 4 is 17.4 Å². The molecule has 0 bridgehead atoms. The van der Waals surface area contributed by atoms with Gasteiger partial charge in [0, 0.05) is 12.6 Å². The second kappa shape index (κ2) is 5.82. The SMILES string of the molecule is CC(=O)c1ccccc1NC(=O)c1c(C(F)(F)F)nn(C)c1F. The Morgan fingerprint density at radius 1 is 1.22 bits per heavy atom. The number of hydrogen-bond donors (Lipinski definition) is 1. The lowest BCUT2D eigenvalue weighted by Crippen LogP contribution is -2.20. The van der Waals surface area contributed by atoms with Gasteiger partial charge in [0.1, 0.15) is 5.56 Å². The van der Waals surface area contributed by atoms with Crippen molar-refractivity contribution in [3.8, 4) is 0 Å². The predicted octanol–water partition coefficient (Wildman–Crippen LogP) is 3.03. The number of rotatable bonds is 3. The summed E-state index contributed by atoms with van der Waals surface area (Å²) in [6.45, 7) is 1.23. The molecule has 23 heavy (non-hydrogen) atoms. The number of aryl methyl sites for hydroxylation is 1. The van der Waals surface area contributed by atoms with Crippen LogP contribution in [0.2, 0.25) is 0 Å². The summed E-state index contributed by atoms with van der Waals surface area (Å²) >= 11 is 0. The predicted molar refractivity (Wildman–Crippen MR) is 72.6 cm³/mol. The highest BCUT2D eigenvalue weighted by Gasteiger charge is 2.41. The molecule has 0 spiro atoms. The molecule has 0 aliphatic heterocycles. The second-order valence-electron chi connectivity index (χ2n) is 4.69. The first-order valence-electron chi connectivity index (χ1n) is 6.34. The van der Waals surface area contributed by atoms with Crippen LogP contribution in [0.4, 0.5) is 23.2 Å². The molecule has 2 aromatic rings. The smallest absolute Gasteiger partial charge is 0.321 e. The topological polar surface area (TPSA) is 64.0 Å². The van der Waals surface area contributed by atoms with Crippen LogP contribution in [0, 0.1) is 5.95 Å². The number of para-hydroxylation sites is 1. The summed E-state index contributed by atoms with van der Waals surface area (Å²) in [6, 6.07) is 5.73. The Hall–Kier alpha value is -2.71. The number of alkyl halides is 3. The molecule has 0 radical (unpaired) electrons. The Morgan fingerprint density at radius 2 is 1.83 bits per heavy atom. The highest BCUT2D eigenvalue weighted by Crippen LogP contribution is 2.32. The Balaban J connectivity index is 2.46. The van der Waals surface area contributed by atoms with Crippen molar-refractivity contribution < 1.29 is 27.2 Å². The summed E-state index contributed by atoms with van der Waals surface area (Å²) in [4.78, 5) is 23.5. The third-order valence-corrected chi connectivity index (χ3v) is 3.03. The van der Waals surface area contributed by atoms with Crippen LogP contribution < -0.4 is 5.32 Å². The zero-order valence-electron chi connectivity index (χ0n) is 12.0. The van der Waals surface area contributed by atoms with Gasteiger partial charge in [0.05, 0.1) is 5.69 Å². The number of Topliss-reactive ketones (excluding diaryl/α,β-unsaturated/α-hetero) is 1. The maximum Gasteiger partial charge on any atom is 0.436 e. The number of halogens is 4. The molecule has 1 N–H and O–H groups in total. The third kappa shape index (κ3) is 3.22. The fourth-order valence-electron chi connectivity index (χ4n) is 1.99. The molecule has 0 aliphatic rings. The van der Waals surface area contributed by atoms with Crippen LogP contribution in [0.1, 0.15) is 33.3 Å². The Bertz CT molecular complexity index is 781. The Morgan fingerprint density at radius 3 is 2.39 bits per heavy atom. The first-order valence-corrected chi connectivity index (χ1v) is 6.34. The van der Waals surface area contributed by atoms with Gasteiger partial charge >= 0.3 is 6.18 Å². The normalized spacial score (nSPS) is 11.4. The van der Waals surface area contributed by atoms with Gasteiger partial charge in [-0.1, -0.05) is 12.1 Å². The minimum Gasteiger partial charge on any atom is -0.321 e. The van der Waals surface area contributed by atoms with E-state index in [1.165, 1.54) is 31.2 Å². The molecule has 0 saturated carbocycles. The summed E-state index contributed by atoms with van der Waals surface area (Å²) in [6.07, 6.45) is -4.99. The van der Waals surface area contributed by atoms with E-state index >= 15 is 0 Å². The highest BCUT2D eigenvalue weighted by atomic mass is 19.4. The molecule has 122 valence electrons. The lowest BCUT2D eigenvalue weighted by Gasteiger charge is -2.10. The zero-order chi connectivity index (χ0) is 17.4. The van der Waals surface area contributed by atoms with Crippen molar-refractivity contribution in [2.75, 3.05) is 5.32 Å². The van der Waals surface area contributed by atoms with E-state index in [0.29, 0.717) is 4.68 Å². The fourth-order valence-corrected chi connectivity index (χ4v) is 1.99. The van der Waals surface area contributed by atoms with E-state index in [1.807, 2.05) is 0 Å². The van der Waals surface area contributed by atoms with Crippen molar-refractivity contribution in [2.45, 2.75) is 13.1 Å². The lowest BCUT2D eigenvalue weighted by molar-refractivity contribution is -0.141. The number of carbonyl (C=O) groups excluding carboxylic acids is 2. The number of nitrogens with one attached hydrogen (secondary N) is 1. The van der Waals surface area contributed by atoms with Gasteiger partial charge in [0.2, 0.25) is 5.95 Å². The molecule has 0 atom stereocenters. The molecular formula is C14H11F4N3O2. The molecular weight excluding hydrogens is 318 g/mol. The van der Waals surface area contributed by atoms with Crippen LogP contribution in [-0.2, 0) is 13.2 Å². The van der Waals surface area contributed by atoms with E-state index in [-0.39, 0.29) is 11.3 Å². The minimum atomic E-state index is -4.99. The summed E-state index contributed by atoms with van der Waals surface area (Å²) < 4.78 is 52.8. The summed E-state index contributed by atoms with van der Waals surface area (Å²) in [7, 11) is 0.949. The molecule has 0 saturated heterocycles. The molecule has 5 nitrogen and oxygen atoms in total. The van der Waals surface area contributed by atoms with Gasteiger partial charge in [0.15, 0.2) is 11.5 Å². The van der Waals surface area contributed by atoms with E-state index in [0.717, 1.165) is 7.05 Å². The molecule has 9 heteroatoms. The fraction of sp³-hybridized carbons (Fsp3) is 0.214. The van der Waals surface area contributed by atoms with Crippen molar-refractivity contribution in [2.24, 2.45) is 7.05 Å². The average molecular weight is 329 g/mol. The number of nitrogens with zero attached hydrogens (tertiary/aromatic N) is 2. The lowest BCUT2D eigenvalue weighted by atomic mass is 10.1. The molecule has 1 aromatic carbocycles. The molecule has 1 aromatic heterocycles. The largest absolute Gasteiger partial charge is 0.436 e. The van der Waals surface area contributed by atoms with Crippen molar-refractivity contribution in [1.82, 2.24) is 9.78 Å². The van der Waals surface area contributed by atoms with Crippen molar-refractivity contribution in [1.29, 1.82) is 0 Å². The van der Waals surface area contributed by atoms with Gasteiger partial charge in [0.25, 0.3) is 5.91 Å². The number of ketones is 1. The van der Waals surface area contributed by atoms with Crippen LogP contribution in [0.25, 0.3) is 0 Å².